The lowest BCUT2D eigenvalue weighted by atomic mass is 9.97. The van der Waals surface area contributed by atoms with E-state index in [1.807, 2.05) is 195 Å². The van der Waals surface area contributed by atoms with Crippen LogP contribution in [0.2, 0.25) is 0 Å². The first kappa shape index (κ1) is 112. The Hall–Kier alpha value is -15.2. The standard InChI is InChI=1S/C25H27F.C25H25F.C24H25F.C24H23F.C23H21F.C23H23F/c1-3-5-6-7-20-10-14-22(15-11-20)24-17-16-23(18-25(24)26)21-12-8-19(4-2)9-13-21;1-3-5-7-20-10-14-22(15-11-20)24-17-16-23(18-25(24)26)21-12-8-19(6-4-2)9-13-21;2*1-3-5-6-19-9-13-21(14-10-19)23-16-15-22(17-24(23)25)20-11-7-18(4-2)8-12-20;1-3-4-5-18-8-12-20(13-9-18)22-15-14-21(16-23(22)24)19-10-6-17(2)7-11-19;1-3-5-18-8-12-20(13-9-18)22-15-14-21(16-23(22)24)19-10-6-17(4-2)7-11-19/h8-18H,3-7H2,1-2H3;3,8-18H,1,4-7H2,2H3;7-17H,3-6H2,1-2H3;3,7-17H,1,4-6H2,2H3;3,6-16H,1,4-5H2,2H3;6-16H,3-5H2,1-2H3. The lowest BCUT2D eigenvalue weighted by Gasteiger charge is -2.09. The Bertz CT molecular complexity index is 7240. The van der Waals surface area contributed by atoms with Gasteiger partial charge in [-0.3, -0.25) is 0 Å². The Morgan fingerprint density at radius 3 is 0.493 bits per heavy atom. The van der Waals surface area contributed by atoms with Crippen molar-refractivity contribution in [2.75, 3.05) is 0 Å². The molecule has 0 radical (unpaired) electrons. The summed E-state index contributed by atoms with van der Waals surface area (Å²) in [6.45, 7) is 30.6. The fourth-order valence-corrected chi connectivity index (χ4v) is 18.4. The molecule has 0 aliphatic rings. The second-order valence-electron chi connectivity index (χ2n) is 38.7. The van der Waals surface area contributed by atoms with Crippen molar-refractivity contribution in [2.45, 2.75) is 197 Å². The van der Waals surface area contributed by atoms with Gasteiger partial charge in [0.05, 0.1) is 0 Å². The smallest absolute Gasteiger partial charge is 0.131 e. The molecule has 0 aliphatic heterocycles. The molecule has 0 aliphatic carbocycles. The molecule has 0 amide bonds. The average molecular weight is 1990 g/mol. The molecular weight excluding hydrogens is 1840 g/mol. The van der Waals surface area contributed by atoms with Crippen molar-refractivity contribution in [2.24, 2.45) is 0 Å². The number of benzene rings is 18. The third kappa shape index (κ3) is 32.6. The maximum Gasteiger partial charge on any atom is 0.131 e. The van der Waals surface area contributed by atoms with E-state index in [-0.39, 0.29) is 34.9 Å². The minimum Gasteiger partial charge on any atom is -0.206 e. The Morgan fingerprint density at radius 1 is 0.160 bits per heavy atom. The van der Waals surface area contributed by atoms with E-state index >= 15 is 0 Å². The second-order valence-corrected chi connectivity index (χ2v) is 38.7. The lowest BCUT2D eigenvalue weighted by Crippen LogP contribution is -1.89. The van der Waals surface area contributed by atoms with Crippen LogP contribution in [0.25, 0.3) is 134 Å². The van der Waals surface area contributed by atoms with Gasteiger partial charge in [-0.1, -0.05) is 475 Å². The van der Waals surface area contributed by atoms with Crippen LogP contribution in [-0.4, -0.2) is 0 Å². The van der Waals surface area contributed by atoms with Crippen LogP contribution in [0.15, 0.2) is 438 Å². The van der Waals surface area contributed by atoms with Crippen molar-refractivity contribution in [1.82, 2.24) is 0 Å². The van der Waals surface area contributed by atoms with Gasteiger partial charge in [-0.25, -0.2) is 26.3 Å². The van der Waals surface area contributed by atoms with Crippen LogP contribution < -0.4 is 0 Å². The van der Waals surface area contributed by atoms with E-state index in [0.29, 0.717) is 33.4 Å². The highest BCUT2D eigenvalue weighted by molar-refractivity contribution is 5.78. The van der Waals surface area contributed by atoms with Gasteiger partial charge in [0.15, 0.2) is 0 Å². The van der Waals surface area contributed by atoms with Crippen molar-refractivity contribution in [3.63, 3.8) is 0 Å². The van der Waals surface area contributed by atoms with Gasteiger partial charge in [0.25, 0.3) is 0 Å². The Morgan fingerprint density at radius 2 is 0.320 bits per heavy atom. The molecule has 0 bridgehead atoms. The summed E-state index contributed by atoms with van der Waals surface area (Å²) in [7, 11) is 0. The summed E-state index contributed by atoms with van der Waals surface area (Å²) < 4.78 is 88.0. The fraction of sp³-hybridized carbons (Fsp3) is 0.208. The summed E-state index contributed by atoms with van der Waals surface area (Å²) in [6, 6.07) is 132. The molecule has 150 heavy (non-hydrogen) atoms. The molecule has 0 N–H and O–H groups in total. The van der Waals surface area contributed by atoms with E-state index in [1.165, 1.54) is 98.9 Å². The van der Waals surface area contributed by atoms with Gasteiger partial charge >= 0.3 is 0 Å². The first-order chi connectivity index (χ1) is 73.2. The van der Waals surface area contributed by atoms with Crippen molar-refractivity contribution in [1.29, 1.82) is 0 Å². The van der Waals surface area contributed by atoms with E-state index in [2.05, 4.69) is 269 Å². The maximum atomic E-state index is 14.7. The summed E-state index contributed by atoms with van der Waals surface area (Å²) in [5.41, 5.74) is 36.6. The van der Waals surface area contributed by atoms with Crippen molar-refractivity contribution >= 4 is 0 Å². The number of aryl methyl sites for hydroxylation is 12. The van der Waals surface area contributed by atoms with Gasteiger partial charge < -0.3 is 0 Å². The zero-order valence-electron chi connectivity index (χ0n) is 89.1. The van der Waals surface area contributed by atoms with Gasteiger partial charge in [0.1, 0.15) is 34.9 Å². The van der Waals surface area contributed by atoms with Gasteiger partial charge in [-0.05, 0) is 307 Å². The Balaban J connectivity index is 0.000000150. The first-order valence-corrected chi connectivity index (χ1v) is 53.9. The number of halogens is 6. The summed E-state index contributed by atoms with van der Waals surface area (Å²) in [5, 5.41) is 0. The molecule has 0 nitrogen and oxygen atoms in total. The van der Waals surface area contributed by atoms with E-state index in [1.54, 1.807) is 36.4 Å². The first-order valence-electron chi connectivity index (χ1n) is 53.9. The molecule has 0 spiro atoms. The fourth-order valence-electron chi connectivity index (χ4n) is 18.4. The summed E-state index contributed by atoms with van der Waals surface area (Å²) in [5.74, 6) is -1.06. The molecule has 0 aromatic heterocycles. The summed E-state index contributed by atoms with van der Waals surface area (Å²) >= 11 is 0. The molecule has 0 fully saturated rings. The van der Waals surface area contributed by atoms with Crippen LogP contribution in [0.1, 0.15) is 186 Å². The average Bonchev–Trinajstić information content (AvgIpc) is 0.828. The molecule has 18 aromatic carbocycles. The van der Waals surface area contributed by atoms with Gasteiger partial charge in [-0.15, -0.1) is 19.7 Å². The van der Waals surface area contributed by atoms with Gasteiger partial charge in [0.2, 0.25) is 0 Å². The zero-order chi connectivity index (χ0) is 106. The van der Waals surface area contributed by atoms with E-state index in [0.717, 1.165) is 203 Å². The minimum atomic E-state index is -0.188. The monoisotopic (exact) mass is 1990 g/mol. The SMILES string of the molecule is C=CCCc1ccc(-c2ccc(-c3ccc(C)cc3)cc2F)cc1.C=CCCc1ccc(-c2ccc(-c3ccc(CC)cc3)cc2F)cc1.C=CCCc1ccc(-c2ccc(-c3ccc(CCC)cc3)cc2F)cc1.CCCCCc1ccc(-c2ccc(-c3ccc(CC)cc3)cc2F)cc1.CCCCc1ccc(-c2ccc(-c3ccc(CC)cc3)cc2F)cc1.CCCc1ccc(-c2ccc(-c3ccc(CC)cc3)cc2F)cc1. The van der Waals surface area contributed by atoms with Gasteiger partial charge in [0, 0.05) is 33.4 Å². The van der Waals surface area contributed by atoms with Crippen LogP contribution in [0.3, 0.4) is 0 Å². The van der Waals surface area contributed by atoms with E-state index in [9.17, 15) is 26.3 Å². The second kappa shape index (κ2) is 58.5. The number of allylic oxidation sites excluding steroid dienone is 3. The van der Waals surface area contributed by atoms with Crippen molar-refractivity contribution in [3.05, 3.63) is 540 Å². The molecular formula is C144H144F6. The minimum absolute atomic E-state index is 0.166. The number of hydrogen-bond donors (Lipinski definition) is 0. The molecule has 0 saturated heterocycles. The molecule has 762 valence electrons. The maximum absolute atomic E-state index is 14.7. The third-order valence-electron chi connectivity index (χ3n) is 27.7. The van der Waals surface area contributed by atoms with Crippen LogP contribution in [0.5, 0.6) is 0 Å². The molecule has 0 unspecified atom stereocenters. The molecule has 18 rings (SSSR count). The number of unbranched alkanes of at least 4 members (excludes halogenated alkanes) is 3. The Labute approximate surface area is 890 Å². The molecule has 0 heterocycles. The normalized spacial score (nSPS) is 10.7. The molecule has 18 aromatic rings. The number of hydrogen-bond acceptors (Lipinski definition) is 0. The zero-order valence-corrected chi connectivity index (χ0v) is 89.1. The van der Waals surface area contributed by atoms with Gasteiger partial charge in [-0.2, -0.15) is 0 Å². The third-order valence-corrected chi connectivity index (χ3v) is 27.7. The predicted molar refractivity (Wildman–Crippen MR) is 631 cm³/mol. The highest BCUT2D eigenvalue weighted by atomic mass is 19.1. The number of rotatable bonds is 36. The highest BCUT2D eigenvalue weighted by Crippen LogP contribution is 2.38. The molecule has 0 atom stereocenters. The predicted octanol–water partition coefficient (Wildman–Crippen LogP) is 41.9. The molecule has 0 saturated carbocycles. The van der Waals surface area contributed by atoms with Crippen LogP contribution >= 0.6 is 0 Å². The molecule has 6 heteroatoms. The summed E-state index contributed by atoms with van der Waals surface area (Å²) in [6.07, 6.45) is 28.3. The van der Waals surface area contributed by atoms with Crippen LogP contribution in [-0.2, 0) is 70.6 Å². The van der Waals surface area contributed by atoms with Crippen LogP contribution in [0, 0.1) is 41.8 Å². The van der Waals surface area contributed by atoms with Crippen molar-refractivity contribution < 1.29 is 26.3 Å². The Kier molecular flexibility index (Phi) is 43.7. The largest absolute Gasteiger partial charge is 0.206 e. The van der Waals surface area contributed by atoms with E-state index < -0.39 is 0 Å². The quantitative estimate of drug-likeness (QED) is 0.0209. The highest BCUT2D eigenvalue weighted by Gasteiger charge is 2.17. The van der Waals surface area contributed by atoms with Crippen LogP contribution in [0.4, 0.5) is 26.3 Å². The topological polar surface area (TPSA) is 0 Å². The lowest BCUT2D eigenvalue weighted by molar-refractivity contribution is 0.631. The summed E-state index contributed by atoms with van der Waals surface area (Å²) in [4.78, 5) is 0. The van der Waals surface area contributed by atoms with E-state index in [4.69, 9.17) is 0 Å². The van der Waals surface area contributed by atoms with Crippen molar-refractivity contribution in [3.8, 4) is 134 Å².